The van der Waals surface area contributed by atoms with Crippen LogP contribution in [0.25, 0.3) is 10.8 Å². The maximum Gasteiger partial charge on any atom is 0.312 e. The van der Waals surface area contributed by atoms with Gasteiger partial charge in [0.25, 0.3) is 11.7 Å². The van der Waals surface area contributed by atoms with Gasteiger partial charge in [0.05, 0.1) is 60.1 Å². The molecule has 0 spiro atoms. The van der Waals surface area contributed by atoms with Crippen molar-refractivity contribution >= 4 is 40.3 Å². The van der Waals surface area contributed by atoms with Crippen LogP contribution in [0.2, 0.25) is 0 Å². The number of fused-ring (bicyclic) bond motifs is 14. The third kappa shape index (κ3) is 10.4. The van der Waals surface area contributed by atoms with E-state index in [0.717, 1.165) is 11.3 Å². The van der Waals surface area contributed by atoms with E-state index >= 15 is 0 Å². The first-order chi connectivity index (χ1) is 31.7. The van der Waals surface area contributed by atoms with E-state index in [-0.39, 0.29) is 44.5 Å². The van der Waals surface area contributed by atoms with Crippen molar-refractivity contribution in [2.24, 2.45) is 28.8 Å². The van der Waals surface area contributed by atoms with E-state index in [1.54, 1.807) is 52.0 Å². The van der Waals surface area contributed by atoms with E-state index in [4.69, 9.17) is 23.7 Å². The molecular formula is C50H64N4O13. The lowest BCUT2D eigenvalue weighted by Crippen LogP contribution is -2.46. The van der Waals surface area contributed by atoms with Crippen LogP contribution >= 0.6 is 0 Å². The van der Waals surface area contributed by atoms with Crippen LogP contribution in [0, 0.1) is 30.6 Å². The van der Waals surface area contributed by atoms with Gasteiger partial charge in [0.15, 0.2) is 5.75 Å². The van der Waals surface area contributed by atoms with Crippen molar-refractivity contribution in [2.45, 2.75) is 92.1 Å². The number of aromatic hydroxyl groups is 3. The number of hydrogen-bond acceptors (Lipinski definition) is 16. The number of rotatable bonds is 7. The van der Waals surface area contributed by atoms with Crippen molar-refractivity contribution in [3.8, 4) is 28.7 Å². The lowest BCUT2D eigenvalue weighted by atomic mass is 9.78. The van der Waals surface area contributed by atoms with Gasteiger partial charge in [0.2, 0.25) is 0 Å². The smallest absolute Gasteiger partial charge is 0.312 e. The Morgan fingerprint density at radius 1 is 0.940 bits per heavy atom. The standard InChI is InChI=1S/C50H64N4O13/c1-26-13-11-14-27(2)49(62)52-40-35(24-51-54-20-18-53(19-21-54)25-33-15-12-16-34(23-33)63-9)44(59)37-38(45(40)60)43(58)31(6)47-39(37)48(61)50(8,67-47)65-22-17-36(64-10)28(3)46(66-32(7)55)30(5)42(57)29(4)41(26)56/h11-17,22-24,26,28-30,36,41-42,46,56-60H,18-21,25H2,1-10H3,(H,52,62)/b13-11+,22-17+,27-14-,51-24+/t26-,28+,29+,30+,36-,41-,42+,46+,50-/m0/s1. The number of anilines is 1. The van der Waals surface area contributed by atoms with Crippen LogP contribution in [-0.4, -0.2) is 130 Å². The van der Waals surface area contributed by atoms with Gasteiger partial charge in [-0.25, -0.2) is 0 Å². The highest BCUT2D eigenvalue weighted by Gasteiger charge is 2.50. The quantitative estimate of drug-likeness (QED) is 0.0700. The molecule has 3 aromatic rings. The number of ether oxygens (including phenoxy) is 5. The third-order valence-corrected chi connectivity index (χ3v) is 13.3. The summed E-state index contributed by atoms with van der Waals surface area (Å²) in [4.78, 5) is 43.2. The Bertz CT molecular complexity index is 2480. The van der Waals surface area contributed by atoms with Gasteiger partial charge in [-0.05, 0) is 37.6 Å². The Balaban J connectivity index is 1.44. The number of amides is 1. The zero-order chi connectivity index (χ0) is 49.1. The minimum Gasteiger partial charge on any atom is -0.507 e. The average Bonchev–Trinajstić information content (AvgIpc) is 3.57. The molecule has 3 aromatic carbocycles. The summed E-state index contributed by atoms with van der Waals surface area (Å²) in [5.74, 6) is -7.73. The van der Waals surface area contributed by atoms with E-state index in [0.29, 0.717) is 32.7 Å². The van der Waals surface area contributed by atoms with Gasteiger partial charge in [-0.15, -0.1) is 0 Å². The number of phenols is 3. The van der Waals surface area contributed by atoms with Crippen molar-refractivity contribution in [3.05, 3.63) is 82.7 Å². The second kappa shape index (κ2) is 20.8. The summed E-state index contributed by atoms with van der Waals surface area (Å²) < 4.78 is 29.1. The molecule has 4 aliphatic heterocycles. The molecule has 17 nitrogen and oxygen atoms in total. The van der Waals surface area contributed by atoms with Crippen LogP contribution in [0.1, 0.15) is 75.5 Å². The molecule has 7 rings (SSSR count). The zero-order valence-electron chi connectivity index (χ0n) is 39.8. The third-order valence-electron chi connectivity index (χ3n) is 13.3. The Kier molecular flexibility index (Phi) is 15.6. The molecule has 362 valence electrons. The van der Waals surface area contributed by atoms with Gasteiger partial charge in [0.1, 0.15) is 29.1 Å². The molecule has 67 heavy (non-hydrogen) atoms. The summed E-state index contributed by atoms with van der Waals surface area (Å²) in [6, 6.07) is 7.85. The molecule has 0 saturated carbocycles. The van der Waals surface area contributed by atoms with Crippen LogP contribution in [-0.2, 0) is 30.3 Å². The fourth-order valence-electron chi connectivity index (χ4n) is 9.05. The van der Waals surface area contributed by atoms with Crippen LogP contribution in [0.4, 0.5) is 5.69 Å². The number of methoxy groups -OCH3 is 2. The second-order valence-corrected chi connectivity index (χ2v) is 17.9. The molecule has 0 unspecified atom stereocenters. The van der Waals surface area contributed by atoms with Crippen molar-refractivity contribution in [1.29, 1.82) is 0 Å². The Morgan fingerprint density at radius 2 is 1.64 bits per heavy atom. The predicted octanol–water partition coefficient (Wildman–Crippen LogP) is 5.91. The maximum atomic E-state index is 14.6. The number of aliphatic hydroxyl groups excluding tert-OH is 2. The first kappa shape index (κ1) is 50.3. The number of hydrogen-bond donors (Lipinski definition) is 6. The summed E-state index contributed by atoms with van der Waals surface area (Å²) in [7, 11) is 3.06. The normalized spacial score (nSPS) is 29.6. The van der Waals surface area contributed by atoms with Crippen molar-refractivity contribution < 1.29 is 63.6 Å². The minimum absolute atomic E-state index is 0.0461. The number of Topliss-reactive ketones (excluding diaryl/α,β-unsaturated/α-hetero) is 1. The predicted molar refractivity (Wildman–Crippen MR) is 251 cm³/mol. The number of nitrogens with zero attached hydrogens (tertiary/aromatic N) is 3. The Hall–Kier alpha value is -6.14. The van der Waals surface area contributed by atoms with Crippen LogP contribution in [0.15, 0.2) is 65.5 Å². The molecule has 9 atom stereocenters. The summed E-state index contributed by atoms with van der Waals surface area (Å²) in [5, 5.41) is 67.6. The average molecular weight is 929 g/mol. The summed E-state index contributed by atoms with van der Waals surface area (Å²) in [6.07, 6.45) is 4.82. The molecule has 4 heterocycles. The van der Waals surface area contributed by atoms with Gasteiger partial charge in [-0.3, -0.25) is 24.3 Å². The maximum absolute atomic E-state index is 14.6. The lowest BCUT2D eigenvalue weighted by molar-refractivity contribution is -0.160. The number of nitrogens with one attached hydrogen (secondary N) is 1. The van der Waals surface area contributed by atoms with E-state index in [1.807, 2.05) is 24.3 Å². The van der Waals surface area contributed by atoms with Crippen LogP contribution in [0.3, 0.4) is 0 Å². The summed E-state index contributed by atoms with van der Waals surface area (Å²) in [5.41, 5.74) is 0.674. The number of piperazine rings is 1. The number of aliphatic hydroxyl groups is 2. The number of esters is 1. The number of benzene rings is 3. The SMILES string of the molecule is COc1cccc(CN2CCN(/N=C/c3c4c(O)c5c(O)c(C)c6c(c5c3O)C(=O)[C@@](C)(O/C=C/[C@H](OC)[C@@H](C)[C@@H](OC(C)=O)[C@H](C)[C@H](O)[C@H](C)[C@@H](O)[C@@H](C)/C=C/C=C(/C)C(=O)N4)O6)CC2)c1. The van der Waals surface area contributed by atoms with Crippen LogP contribution in [0.5, 0.6) is 28.7 Å². The molecule has 4 aliphatic rings. The fraction of sp³-hybridized carbons (Fsp3) is 0.480. The molecule has 1 amide bonds. The van der Waals surface area contributed by atoms with E-state index < -0.39 is 88.8 Å². The summed E-state index contributed by atoms with van der Waals surface area (Å²) >= 11 is 0. The summed E-state index contributed by atoms with van der Waals surface area (Å²) in [6.45, 7) is 15.5. The first-order valence-electron chi connectivity index (χ1n) is 22.4. The molecular weight excluding hydrogens is 865 g/mol. The Labute approximate surface area is 390 Å². The molecule has 0 aliphatic carbocycles. The number of allylic oxidation sites excluding steroid dienone is 2. The van der Waals surface area contributed by atoms with Gasteiger partial charge < -0.3 is 54.5 Å². The first-order valence-corrected chi connectivity index (χ1v) is 22.4. The van der Waals surface area contributed by atoms with Crippen molar-refractivity contribution in [3.63, 3.8) is 0 Å². The number of ketones is 1. The largest absolute Gasteiger partial charge is 0.507 e. The van der Waals surface area contributed by atoms with Gasteiger partial charge in [-0.1, -0.05) is 58.1 Å². The van der Waals surface area contributed by atoms with E-state index in [1.165, 1.54) is 59.4 Å². The molecule has 1 saturated heterocycles. The number of hydrazone groups is 1. The fourth-order valence-corrected chi connectivity index (χ4v) is 9.05. The number of carbonyl (C=O) groups excluding carboxylic acids is 3. The molecule has 0 radical (unpaired) electrons. The Morgan fingerprint density at radius 3 is 2.30 bits per heavy atom. The molecule has 6 N–H and O–H groups in total. The highest BCUT2D eigenvalue weighted by molar-refractivity contribution is 6.23. The van der Waals surface area contributed by atoms with Crippen molar-refractivity contribution in [2.75, 3.05) is 45.7 Å². The highest BCUT2D eigenvalue weighted by Crippen LogP contribution is 2.55. The molecule has 1 fully saturated rings. The molecule has 5 bridgehead atoms. The van der Waals surface area contributed by atoms with Crippen molar-refractivity contribution in [1.82, 2.24) is 9.91 Å². The minimum atomic E-state index is -2.07. The monoisotopic (exact) mass is 928 g/mol. The highest BCUT2D eigenvalue weighted by atomic mass is 16.7. The zero-order valence-corrected chi connectivity index (χ0v) is 39.8. The number of phenolic OH excluding ortho intramolecular Hbond substituents is 3. The second-order valence-electron chi connectivity index (χ2n) is 17.9. The van der Waals surface area contributed by atoms with Gasteiger partial charge in [-0.2, -0.15) is 5.10 Å². The van der Waals surface area contributed by atoms with Crippen LogP contribution < -0.4 is 14.8 Å². The van der Waals surface area contributed by atoms with Gasteiger partial charge >= 0.3 is 11.8 Å². The molecule has 17 heteroatoms. The van der Waals surface area contributed by atoms with Gasteiger partial charge in [0, 0.05) is 93.9 Å². The molecule has 0 aromatic heterocycles. The lowest BCUT2D eigenvalue weighted by Gasteiger charge is -2.38. The van der Waals surface area contributed by atoms with E-state index in [2.05, 4.69) is 15.3 Å². The van der Waals surface area contributed by atoms with E-state index in [9.17, 15) is 39.9 Å². The number of carbonyl (C=O) groups is 3. The topological polar surface area (TPSA) is 229 Å².